The normalized spacial score (nSPS) is 14.9. The molecular formula is C28H36ClN5O3. The van der Waals surface area contributed by atoms with Crippen LogP contribution in [0, 0.1) is 29.1 Å². The van der Waals surface area contributed by atoms with E-state index >= 15 is 0 Å². The number of methoxy groups -OCH3 is 1. The van der Waals surface area contributed by atoms with Crippen molar-refractivity contribution >= 4 is 28.7 Å². The number of hydrogen-bond donors (Lipinski definition) is 2. The molecule has 0 aliphatic carbocycles. The maximum absolute atomic E-state index is 10.1. The fraction of sp³-hybridized carbons (Fsp3) is 0.500. The van der Waals surface area contributed by atoms with Crippen molar-refractivity contribution in [2.75, 3.05) is 38.3 Å². The second-order valence-corrected chi connectivity index (χ2v) is 10.3. The Morgan fingerprint density at radius 3 is 2.57 bits per heavy atom. The third-order valence-electron chi connectivity index (χ3n) is 6.42. The molecular weight excluding hydrogens is 490 g/mol. The molecule has 9 heteroatoms. The van der Waals surface area contributed by atoms with Gasteiger partial charge in [0.15, 0.2) is 5.82 Å². The van der Waals surface area contributed by atoms with E-state index in [0.717, 1.165) is 23.1 Å². The number of aromatic nitrogens is 2. The topological polar surface area (TPSA) is 115 Å². The maximum atomic E-state index is 10.1. The van der Waals surface area contributed by atoms with Gasteiger partial charge in [-0.05, 0) is 52.3 Å². The molecule has 2 N–H and O–H groups in total. The standard InChI is InChI=1S/C28H36ClN5O3/c1-7-8-20(35)12-37-21-9-10-23(29)22(11-21)26-32-25(24(17(2)3)19(5)31)18(4)27(33-26)34-14-28(13-30,15-34)16-36-6/h9-11,20,31,35H,7-8,12,14-16H2,1-6H3/t20-/m1/s1. The molecule has 0 spiro atoms. The SMILES string of the molecule is CCC[C@@H](O)COc1ccc(Cl)c(-c2nc(C(C(C)=N)=C(C)C)c(C)c(N3CC(C#N)(COC)C3)n2)c1. The number of aliphatic hydroxyl groups excluding tert-OH is 1. The average molecular weight is 526 g/mol. The summed E-state index contributed by atoms with van der Waals surface area (Å²) in [6.07, 6.45) is 0.977. The number of halogens is 1. The van der Waals surface area contributed by atoms with E-state index in [0.29, 0.717) is 65.5 Å². The highest BCUT2D eigenvalue weighted by molar-refractivity contribution is 6.33. The van der Waals surface area contributed by atoms with Gasteiger partial charge in [0.05, 0.1) is 29.5 Å². The van der Waals surface area contributed by atoms with Gasteiger partial charge in [-0.2, -0.15) is 5.26 Å². The van der Waals surface area contributed by atoms with Gasteiger partial charge in [-0.1, -0.05) is 30.5 Å². The summed E-state index contributed by atoms with van der Waals surface area (Å²) < 4.78 is 11.1. The number of nitrogens with zero attached hydrogens (tertiary/aromatic N) is 4. The molecule has 0 saturated carbocycles. The first-order chi connectivity index (χ1) is 17.6. The van der Waals surface area contributed by atoms with Crippen molar-refractivity contribution in [3.05, 3.63) is 40.1 Å². The van der Waals surface area contributed by atoms with Crippen LogP contribution in [-0.2, 0) is 4.74 Å². The van der Waals surface area contributed by atoms with Crippen LogP contribution in [0.2, 0.25) is 5.02 Å². The first-order valence-electron chi connectivity index (χ1n) is 12.4. The third-order valence-corrected chi connectivity index (χ3v) is 6.75. The van der Waals surface area contributed by atoms with E-state index in [4.69, 9.17) is 36.5 Å². The third kappa shape index (κ3) is 6.30. The lowest BCUT2D eigenvalue weighted by molar-refractivity contribution is 0.0953. The number of anilines is 1. The van der Waals surface area contributed by atoms with Gasteiger partial charge in [0, 0.05) is 42.6 Å². The zero-order valence-electron chi connectivity index (χ0n) is 22.5. The number of hydrogen-bond acceptors (Lipinski definition) is 8. The molecule has 37 heavy (non-hydrogen) atoms. The molecule has 1 aromatic carbocycles. The summed E-state index contributed by atoms with van der Waals surface area (Å²) in [7, 11) is 1.60. The summed E-state index contributed by atoms with van der Waals surface area (Å²) in [4.78, 5) is 11.8. The highest BCUT2D eigenvalue weighted by Crippen LogP contribution is 2.39. The lowest BCUT2D eigenvalue weighted by Gasteiger charge is -2.46. The molecule has 198 valence electrons. The van der Waals surface area contributed by atoms with E-state index in [9.17, 15) is 10.4 Å². The number of nitriles is 1. The summed E-state index contributed by atoms with van der Waals surface area (Å²) in [5, 5.41) is 28.7. The van der Waals surface area contributed by atoms with Gasteiger partial charge in [-0.15, -0.1) is 0 Å². The highest BCUT2D eigenvalue weighted by Gasteiger charge is 2.45. The molecule has 2 heterocycles. The summed E-state index contributed by atoms with van der Waals surface area (Å²) >= 11 is 6.62. The Morgan fingerprint density at radius 1 is 1.30 bits per heavy atom. The molecule has 0 radical (unpaired) electrons. The van der Waals surface area contributed by atoms with Crippen molar-refractivity contribution in [2.24, 2.45) is 5.41 Å². The van der Waals surface area contributed by atoms with E-state index in [-0.39, 0.29) is 6.61 Å². The lowest BCUT2D eigenvalue weighted by atomic mass is 9.82. The van der Waals surface area contributed by atoms with Crippen LogP contribution in [0.1, 0.15) is 51.8 Å². The summed E-state index contributed by atoms with van der Waals surface area (Å²) in [6, 6.07) is 7.65. The zero-order chi connectivity index (χ0) is 27.3. The Balaban J connectivity index is 2.11. The van der Waals surface area contributed by atoms with Crippen molar-refractivity contribution in [2.45, 2.75) is 53.6 Å². The predicted molar refractivity (Wildman–Crippen MR) is 147 cm³/mol. The predicted octanol–water partition coefficient (Wildman–Crippen LogP) is 5.45. The van der Waals surface area contributed by atoms with Crippen molar-refractivity contribution in [3.8, 4) is 23.2 Å². The molecule has 8 nitrogen and oxygen atoms in total. The van der Waals surface area contributed by atoms with E-state index in [1.54, 1.807) is 32.2 Å². The average Bonchev–Trinajstić information content (AvgIpc) is 2.82. The van der Waals surface area contributed by atoms with Crippen LogP contribution in [-0.4, -0.2) is 60.3 Å². The van der Waals surface area contributed by atoms with E-state index in [1.165, 1.54) is 0 Å². The molecule has 0 bridgehead atoms. The van der Waals surface area contributed by atoms with Gasteiger partial charge >= 0.3 is 0 Å². The van der Waals surface area contributed by atoms with Crippen molar-refractivity contribution in [1.29, 1.82) is 10.7 Å². The molecule has 1 atom stereocenters. The Kier molecular flexibility index (Phi) is 9.30. The van der Waals surface area contributed by atoms with Gasteiger partial charge < -0.3 is 24.9 Å². The van der Waals surface area contributed by atoms with Crippen molar-refractivity contribution in [1.82, 2.24) is 9.97 Å². The largest absolute Gasteiger partial charge is 0.491 e. The quantitative estimate of drug-likeness (QED) is 0.374. The van der Waals surface area contributed by atoms with Crippen LogP contribution in [0.5, 0.6) is 5.75 Å². The Morgan fingerprint density at radius 2 is 2.00 bits per heavy atom. The van der Waals surface area contributed by atoms with Crippen LogP contribution in [0.4, 0.5) is 5.82 Å². The fourth-order valence-electron chi connectivity index (χ4n) is 4.65. The highest BCUT2D eigenvalue weighted by atomic mass is 35.5. The van der Waals surface area contributed by atoms with Gasteiger partial charge in [0.25, 0.3) is 0 Å². The Hall–Kier alpha value is -2.99. The van der Waals surface area contributed by atoms with Crippen LogP contribution < -0.4 is 9.64 Å². The van der Waals surface area contributed by atoms with E-state index in [2.05, 4.69) is 6.07 Å². The van der Waals surface area contributed by atoms with Crippen LogP contribution in [0.15, 0.2) is 23.8 Å². The monoisotopic (exact) mass is 525 g/mol. The second kappa shape index (κ2) is 12.0. The van der Waals surface area contributed by atoms with Gasteiger partial charge in [-0.25, -0.2) is 9.97 Å². The summed E-state index contributed by atoms with van der Waals surface area (Å²) in [5.41, 5.74) is 3.61. The molecule has 2 aromatic rings. The number of nitrogens with one attached hydrogen (secondary N) is 1. The minimum absolute atomic E-state index is 0.179. The molecule has 1 aromatic heterocycles. The molecule has 3 rings (SSSR count). The summed E-state index contributed by atoms with van der Waals surface area (Å²) in [5.74, 6) is 1.66. The van der Waals surface area contributed by atoms with Crippen LogP contribution >= 0.6 is 11.6 Å². The van der Waals surface area contributed by atoms with Crippen molar-refractivity contribution < 1.29 is 14.6 Å². The van der Waals surface area contributed by atoms with Crippen LogP contribution in [0.3, 0.4) is 0 Å². The minimum Gasteiger partial charge on any atom is -0.491 e. The molecule has 1 aliphatic heterocycles. The van der Waals surface area contributed by atoms with Gasteiger partial charge in [0.2, 0.25) is 0 Å². The lowest BCUT2D eigenvalue weighted by Crippen LogP contribution is -2.58. The molecule has 1 aliphatic rings. The summed E-state index contributed by atoms with van der Waals surface area (Å²) in [6.45, 7) is 11.1. The van der Waals surface area contributed by atoms with Crippen molar-refractivity contribution in [3.63, 3.8) is 0 Å². The fourth-order valence-corrected chi connectivity index (χ4v) is 4.85. The maximum Gasteiger partial charge on any atom is 0.163 e. The number of allylic oxidation sites excluding steroid dienone is 2. The number of aliphatic hydroxyl groups is 1. The smallest absolute Gasteiger partial charge is 0.163 e. The molecule has 1 saturated heterocycles. The number of ether oxygens (including phenoxy) is 2. The number of rotatable bonds is 11. The van der Waals surface area contributed by atoms with E-state index in [1.807, 2.05) is 32.6 Å². The first kappa shape index (κ1) is 28.6. The second-order valence-electron chi connectivity index (χ2n) is 9.92. The molecule has 0 unspecified atom stereocenters. The Bertz CT molecular complexity index is 1230. The minimum atomic E-state index is -0.589. The van der Waals surface area contributed by atoms with Gasteiger partial charge in [0.1, 0.15) is 23.6 Å². The van der Waals surface area contributed by atoms with Gasteiger partial charge in [-0.3, -0.25) is 0 Å². The Labute approximate surface area is 224 Å². The van der Waals surface area contributed by atoms with E-state index < -0.39 is 11.5 Å². The first-order valence-corrected chi connectivity index (χ1v) is 12.8. The number of benzene rings is 1. The molecule has 0 amide bonds. The zero-order valence-corrected chi connectivity index (χ0v) is 23.2. The molecule has 1 fully saturated rings. The van der Waals surface area contributed by atoms with Crippen LogP contribution in [0.25, 0.3) is 17.0 Å².